The Morgan fingerprint density at radius 1 is 1.00 bits per heavy atom. The van der Waals surface area contributed by atoms with Gasteiger partial charge in [0.2, 0.25) is 0 Å². The SMILES string of the molecule is O=C(NNc1ccc(Br)cc1)c1cccc(NS(=O)(=O)c2c[nH]c(=O)[nH]c2=O)c1. The van der Waals surface area contributed by atoms with Crippen LogP contribution in [0.15, 0.2) is 73.7 Å². The van der Waals surface area contributed by atoms with Gasteiger partial charge >= 0.3 is 5.69 Å². The van der Waals surface area contributed by atoms with E-state index >= 15 is 0 Å². The smallest absolute Gasteiger partial charge is 0.313 e. The molecule has 0 aliphatic carbocycles. The van der Waals surface area contributed by atoms with Gasteiger partial charge in [-0.2, -0.15) is 0 Å². The highest BCUT2D eigenvalue weighted by molar-refractivity contribution is 9.10. The monoisotopic (exact) mass is 479 g/mol. The predicted molar refractivity (Wildman–Crippen MR) is 110 cm³/mol. The summed E-state index contributed by atoms with van der Waals surface area (Å²) >= 11 is 3.31. The zero-order chi connectivity index (χ0) is 21.0. The number of hydrogen-bond donors (Lipinski definition) is 5. The zero-order valence-electron chi connectivity index (χ0n) is 14.5. The lowest BCUT2D eigenvalue weighted by atomic mass is 10.2. The summed E-state index contributed by atoms with van der Waals surface area (Å²) in [7, 11) is -4.28. The molecule has 0 bridgehead atoms. The van der Waals surface area contributed by atoms with Gasteiger partial charge in [0.1, 0.15) is 0 Å². The minimum absolute atomic E-state index is 0.0619. The van der Waals surface area contributed by atoms with Crippen molar-refractivity contribution in [3.63, 3.8) is 0 Å². The average molecular weight is 480 g/mol. The maximum absolute atomic E-state index is 12.4. The van der Waals surface area contributed by atoms with E-state index < -0.39 is 32.1 Å². The van der Waals surface area contributed by atoms with Crippen molar-refractivity contribution in [3.8, 4) is 0 Å². The van der Waals surface area contributed by atoms with Crippen LogP contribution in [0.5, 0.6) is 0 Å². The van der Waals surface area contributed by atoms with Crippen LogP contribution < -0.4 is 26.8 Å². The lowest BCUT2D eigenvalue weighted by Gasteiger charge is -2.11. The maximum atomic E-state index is 12.4. The number of aromatic nitrogens is 2. The molecule has 1 heterocycles. The van der Waals surface area contributed by atoms with E-state index in [1.807, 2.05) is 4.98 Å². The van der Waals surface area contributed by atoms with Crippen molar-refractivity contribution in [1.29, 1.82) is 0 Å². The van der Waals surface area contributed by atoms with Crippen LogP contribution in [0, 0.1) is 0 Å². The molecule has 3 rings (SSSR count). The Bertz CT molecular complexity index is 1270. The van der Waals surface area contributed by atoms with Gasteiger partial charge < -0.3 is 4.98 Å². The second kappa shape index (κ2) is 8.32. The molecule has 5 N–H and O–H groups in total. The minimum Gasteiger partial charge on any atom is -0.313 e. The molecular formula is C17H14BrN5O5S. The van der Waals surface area contributed by atoms with Crippen LogP contribution in [-0.4, -0.2) is 24.3 Å². The lowest BCUT2D eigenvalue weighted by molar-refractivity contribution is 0.0962. The van der Waals surface area contributed by atoms with Crippen molar-refractivity contribution in [2.24, 2.45) is 0 Å². The van der Waals surface area contributed by atoms with E-state index in [1.54, 1.807) is 24.3 Å². The summed E-state index contributed by atoms with van der Waals surface area (Å²) in [4.78, 5) is 38.3. The van der Waals surface area contributed by atoms with Crippen LogP contribution in [0.25, 0.3) is 0 Å². The third-order valence-corrected chi connectivity index (χ3v) is 5.53. The number of hydrazine groups is 1. The van der Waals surface area contributed by atoms with E-state index in [9.17, 15) is 22.8 Å². The Kier molecular flexibility index (Phi) is 5.84. The molecule has 0 fully saturated rings. The fraction of sp³-hybridized carbons (Fsp3) is 0. The van der Waals surface area contributed by atoms with Crippen molar-refractivity contribution in [2.45, 2.75) is 4.90 Å². The Hall–Kier alpha value is -3.38. The van der Waals surface area contributed by atoms with E-state index in [0.717, 1.165) is 10.7 Å². The molecule has 0 unspecified atom stereocenters. The van der Waals surface area contributed by atoms with Gasteiger partial charge in [0.05, 0.1) is 5.69 Å². The quantitative estimate of drug-likeness (QED) is 0.336. The predicted octanol–water partition coefficient (Wildman–Crippen LogP) is 1.38. The fourth-order valence-corrected chi connectivity index (χ4v) is 3.59. The molecule has 12 heteroatoms. The summed E-state index contributed by atoms with van der Waals surface area (Å²) in [6.45, 7) is 0. The number of rotatable bonds is 6. The highest BCUT2D eigenvalue weighted by Crippen LogP contribution is 2.16. The van der Waals surface area contributed by atoms with E-state index in [0.29, 0.717) is 5.69 Å². The molecule has 150 valence electrons. The summed E-state index contributed by atoms with van der Waals surface area (Å²) in [6, 6.07) is 12.8. The number of nitrogens with one attached hydrogen (secondary N) is 5. The van der Waals surface area contributed by atoms with Crippen LogP contribution in [0.2, 0.25) is 0 Å². The van der Waals surface area contributed by atoms with Crippen molar-refractivity contribution in [1.82, 2.24) is 15.4 Å². The summed E-state index contributed by atoms with van der Waals surface area (Å²) in [5.74, 6) is -0.504. The van der Waals surface area contributed by atoms with E-state index in [4.69, 9.17) is 0 Å². The van der Waals surface area contributed by atoms with Crippen LogP contribution in [0.4, 0.5) is 11.4 Å². The number of carbonyl (C=O) groups is 1. The molecule has 2 aromatic carbocycles. The first-order valence-electron chi connectivity index (χ1n) is 8.01. The van der Waals surface area contributed by atoms with Crippen LogP contribution in [0.1, 0.15) is 10.4 Å². The fourth-order valence-electron chi connectivity index (χ4n) is 2.27. The van der Waals surface area contributed by atoms with Crippen LogP contribution in [0.3, 0.4) is 0 Å². The van der Waals surface area contributed by atoms with E-state index in [-0.39, 0.29) is 11.3 Å². The normalized spacial score (nSPS) is 10.9. The number of anilines is 2. The minimum atomic E-state index is -4.28. The second-order valence-corrected chi connectivity index (χ2v) is 8.27. The third-order valence-electron chi connectivity index (χ3n) is 3.62. The Labute approximate surface area is 172 Å². The van der Waals surface area contributed by atoms with E-state index in [2.05, 4.69) is 36.5 Å². The van der Waals surface area contributed by atoms with Gasteiger partial charge in [-0.05, 0) is 42.5 Å². The molecule has 0 saturated heterocycles. The summed E-state index contributed by atoms with van der Waals surface area (Å²) in [5.41, 5.74) is 4.23. The summed E-state index contributed by atoms with van der Waals surface area (Å²) < 4.78 is 27.8. The average Bonchev–Trinajstić information content (AvgIpc) is 2.67. The maximum Gasteiger partial charge on any atom is 0.325 e. The van der Waals surface area contributed by atoms with Gasteiger partial charge in [-0.1, -0.05) is 22.0 Å². The highest BCUT2D eigenvalue weighted by atomic mass is 79.9. The Balaban J connectivity index is 1.74. The molecule has 1 amide bonds. The van der Waals surface area contributed by atoms with Crippen molar-refractivity contribution >= 4 is 43.2 Å². The first-order valence-corrected chi connectivity index (χ1v) is 10.3. The molecule has 0 aliphatic rings. The largest absolute Gasteiger partial charge is 0.325 e. The summed E-state index contributed by atoms with van der Waals surface area (Å²) in [6.07, 6.45) is 0.794. The van der Waals surface area contributed by atoms with Crippen molar-refractivity contribution < 1.29 is 13.2 Å². The first-order chi connectivity index (χ1) is 13.7. The molecule has 1 aromatic heterocycles. The molecule has 0 aliphatic heterocycles. The molecule has 0 radical (unpaired) electrons. The van der Waals surface area contributed by atoms with Gasteiger partial charge in [0.15, 0.2) is 4.90 Å². The van der Waals surface area contributed by atoms with Crippen molar-refractivity contribution in [2.75, 3.05) is 10.1 Å². The highest BCUT2D eigenvalue weighted by Gasteiger charge is 2.19. The Morgan fingerprint density at radius 3 is 2.41 bits per heavy atom. The second-order valence-electron chi connectivity index (χ2n) is 5.71. The number of H-pyrrole nitrogens is 2. The topological polar surface area (TPSA) is 153 Å². The molecule has 0 atom stereocenters. The summed E-state index contributed by atoms with van der Waals surface area (Å²) in [5, 5.41) is 0. The third kappa shape index (κ3) is 5.12. The van der Waals surface area contributed by atoms with Gasteiger partial charge in [0, 0.05) is 21.9 Å². The van der Waals surface area contributed by atoms with E-state index in [1.165, 1.54) is 24.3 Å². The van der Waals surface area contributed by atoms with Gasteiger partial charge in [0.25, 0.3) is 21.5 Å². The first kappa shape index (κ1) is 20.4. The van der Waals surface area contributed by atoms with Gasteiger partial charge in [-0.25, -0.2) is 13.2 Å². The molecule has 0 saturated carbocycles. The van der Waals surface area contributed by atoms with Crippen molar-refractivity contribution in [3.05, 3.63) is 85.6 Å². The number of aromatic amines is 2. The number of carbonyl (C=O) groups excluding carboxylic acids is 1. The Morgan fingerprint density at radius 2 is 1.72 bits per heavy atom. The number of benzene rings is 2. The number of amides is 1. The number of halogens is 1. The van der Waals surface area contributed by atoms with Gasteiger partial charge in [-0.15, -0.1) is 0 Å². The van der Waals surface area contributed by atoms with Crippen LogP contribution >= 0.6 is 15.9 Å². The molecule has 10 nitrogen and oxygen atoms in total. The number of hydrogen-bond acceptors (Lipinski definition) is 6. The van der Waals surface area contributed by atoms with Gasteiger partial charge in [-0.3, -0.25) is 30.1 Å². The number of sulfonamides is 1. The lowest BCUT2D eigenvalue weighted by Crippen LogP contribution is -2.30. The molecule has 29 heavy (non-hydrogen) atoms. The molecule has 0 spiro atoms. The zero-order valence-corrected chi connectivity index (χ0v) is 16.9. The van der Waals surface area contributed by atoms with Crippen LogP contribution in [-0.2, 0) is 10.0 Å². The standard InChI is InChI=1S/C17H14BrN5O5S/c18-11-4-6-12(7-5-11)21-22-15(24)10-2-1-3-13(8-10)23-29(27,28)14-9-19-17(26)20-16(14)25/h1-9,21,23H,(H,22,24)(H2,19,20,25,26). The molecular weight excluding hydrogens is 466 g/mol. The molecule has 3 aromatic rings.